The molecule has 1 aliphatic rings. The van der Waals surface area contributed by atoms with Crippen molar-refractivity contribution in [2.45, 2.75) is 17.7 Å². The number of nitrogens with one attached hydrogen (secondary N) is 1. The van der Waals surface area contributed by atoms with E-state index in [1.165, 1.54) is 11.1 Å². The summed E-state index contributed by atoms with van der Waals surface area (Å²) < 4.78 is 5.82. The third-order valence-corrected chi connectivity index (χ3v) is 3.85. The summed E-state index contributed by atoms with van der Waals surface area (Å²) in [5.41, 5.74) is 8.15. The minimum Gasteiger partial charge on any atom is -0.372 e. The molecule has 0 spiro atoms. The molecule has 6 heteroatoms. The van der Waals surface area contributed by atoms with E-state index in [4.69, 9.17) is 10.5 Å². The third kappa shape index (κ3) is 2.34. The van der Waals surface area contributed by atoms with Crippen LogP contribution in [0, 0.1) is 0 Å². The maximum atomic E-state index is 5.82. The summed E-state index contributed by atoms with van der Waals surface area (Å²) >= 11 is 1.55. The topological polar surface area (TPSA) is 76.8 Å². The van der Waals surface area contributed by atoms with E-state index in [2.05, 4.69) is 39.4 Å². The van der Waals surface area contributed by atoms with Gasteiger partial charge in [0.05, 0.1) is 12.7 Å². The molecule has 1 atom stereocenters. The van der Waals surface area contributed by atoms with E-state index in [0.29, 0.717) is 11.1 Å². The van der Waals surface area contributed by atoms with Crippen molar-refractivity contribution in [1.82, 2.24) is 15.2 Å². The minimum absolute atomic E-state index is 0.111. The van der Waals surface area contributed by atoms with Gasteiger partial charge in [0, 0.05) is 5.75 Å². The number of nitrogens with two attached hydrogens (primary N) is 1. The fourth-order valence-electron chi connectivity index (χ4n) is 2.09. The van der Waals surface area contributed by atoms with Crippen LogP contribution in [0.3, 0.4) is 0 Å². The Morgan fingerprint density at radius 2 is 2.33 bits per heavy atom. The van der Waals surface area contributed by atoms with Gasteiger partial charge in [0.1, 0.15) is 0 Å². The molecule has 94 valence electrons. The first kappa shape index (κ1) is 11.6. The summed E-state index contributed by atoms with van der Waals surface area (Å²) in [6.45, 7) is 0.776. The lowest BCUT2D eigenvalue weighted by Crippen LogP contribution is -2.17. The molecule has 0 saturated carbocycles. The Hall–Kier alpha value is -1.53. The van der Waals surface area contributed by atoms with Crippen molar-refractivity contribution >= 4 is 17.7 Å². The summed E-state index contributed by atoms with van der Waals surface area (Å²) in [7, 11) is 0. The van der Waals surface area contributed by atoms with Gasteiger partial charge < -0.3 is 10.5 Å². The number of aromatic amines is 1. The van der Waals surface area contributed by atoms with Crippen LogP contribution in [0.1, 0.15) is 17.2 Å². The number of anilines is 1. The Morgan fingerprint density at radius 1 is 1.44 bits per heavy atom. The second kappa shape index (κ2) is 4.99. The standard InChI is InChI=1S/C12H14N4OS/c13-11-14-12(16-15-11)18-7-10-9-4-2-1-3-8(9)5-6-17-10/h1-4,10H,5-7H2,(H3,13,14,15,16). The SMILES string of the molecule is Nc1nc(SCC2OCCc3ccccc32)n[nH]1. The van der Waals surface area contributed by atoms with Gasteiger partial charge in [-0.2, -0.15) is 4.98 Å². The number of nitrogens with zero attached hydrogens (tertiary/aromatic N) is 2. The monoisotopic (exact) mass is 262 g/mol. The Bertz CT molecular complexity index is 542. The molecule has 1 aromatic carbocycles. The van der Waals surface area contributed by atoms with Gasteiger partial charge in [-0.25, -0.2) is 5.10 Å². The molecular weight excluding hydrogens is 248 g/mol. The molecule has 1 unspecified atom stereocenters. The lowest BCUT2D eigenvalue weighted by Gasteiger charge is -2.25. The molecule has 5 nitrogen and oxygen atoms in total. The first-order valence-corrected chi connectivity index (χ1v) is 6.81. The van der Waals surface area contributed by atoms with Crippen LogP contribution in [0.5, 0.6) is 0 Å². The average Bonchev–Trinajstić information content (AvgIpc) is 2.82. The second-order valence-electron chi connectivity index (χ2n) is 4.12. The zero-order valence-corrected chi connectivity index (χ0v) is 10.6. The van der Waals surface area contributed by atoms with Crippen LogP contribution in [0.25, 0.3) is 0 Å². The molecule has 1 aromatic heterocycles. The van der Waals surface area contributed by atoms with Gasteiger partial charge in [-0.15, -0.1) is 5.10 Å². The number of rotatable bonds is 3. The van der Waals surface area contributed by atoms with E-state index < -0.39 is 0 Å². The molecular formula is C12H14N4OS. The Morgan fingerprint density at radius 3 is 3.17 bits per heavy atom. The van der Waals surface area contributed by atoms with Crippen LogP contribution < -0.4 is 5.73 Å². The fourth-order valence-corrected chi connectivity index (χ4v) is 2.94. The summed E-state index contributed by atoms with van der Waals surface area (Å²) in [6.07, 6.45) is 1.10. The zero-order valence-electron chi connectivity index (χ0n) is 9.80. The van der Waals surface area contributed by atoms with E-state index in [0.717, 1.165) is 18.8 Å². The highest BCUT2D eigenvalue weighted by Gasteiger charge is 2.21. The number of nitrogen functional groups attached to an aromatic ring is 1. The van der Waals surface area contributed by atoms with Crippen LogP contribution in [0.4, 0.5) is 5.95 Å². The predicted molar refractivity (Wildman–Crippen MR) is 70.4 cm³/mol. The van der Waals surface area contributed by atoms with Gasteiger partial charge >= 0.3 is 0 Å². The van der Waals surface area contributed by atoms with Crippen molar-refractivity contribution in [2.75, 3.05) is 18.1 Å². The van der Waals surface area contributed by atoms with Crippen LogP contribution in [0.2, 0.25) is 0 Å². The number of ether oxygens (including phenoxy) is 1. The van der Waals surface area contributed by atoms with Crippen LogP contribution >= 0.6 is 11.8 Å². The molecule has 0 bridgehead atoms. The normalized spacial score (nSPS) is 18.6. The number of hydrogen-bond acceptors (Lipinski definition) is 5. The number of H-pyrrole nitrogens is 1. The summed E-state index contributed by atoms with van der Waals surface area (Å²) in [5, 5.41) is 7.30. The number of hydrogen-bond donors (Lipinski definition) is 2. The molecule has 0 aliphatic carbocycles. The van der Waals surface area contributed by atoms with Gasteiger partial charge in [-0.3, -0.25) is 0 Å². The largest absolute Gasteiger partial charge is 0.372 e. The summed E-state index contributed by atoms with van der Waals surface area (Å²) in [4.78, 5) is 4.07. The number of benzene rings is 1. The van der Waals surface area contributed by atoms with Crippen LogP contribution in [-0.2, 0) is 11.2 Å². The molecule has 1 aliphatic heterocycles. The van der Waals surface area contributed by atoms with Crippen molar-refractivity contribution in [3.8, 4) is 0 Å². The molecule has 2 aromatic rings. The first-order chi connectivity index (χ1) is 8.83. The van der Waals surface area contributed by atoms with Crippen molar-refractivity contribution < 1.29 is 4.74 Å². The highest BCUT2D eigenvalue weighted by molar-refractivity contribution is 7.99. The van der Waals surface area contributed by atoms with Gasteiger partial charge in [0.2, 0.25) is 11.1 Å². The van der Waals surface area contributed by atoms with E-state index in [1.807, 2.05) is 0 Å². The molecule has 18 heavy (non-hydrogen) atoms. The molecule has 0 amide bonds. The summed E-state index contributed by atoms with van der Waals surface area (Å²) in [5.74, 6) is 1.15. The van der Waals surface area contributed by atoms with E-state index in [9.17, 15) is 0 Å². The van der Waals surface area contributed by atoms with Crippen LogP contribution in [0.15, 0.2) is 29.4 Å². The van der Waals surface area contributed by atoms with Crippen molar-refractivity contribution in [3.63, 3.8) is 0 Å². The Balaban J connectivity index is 1.71. The van der Waals surface area contributed by atoms with E-state index >= 15 is 0 Å². The van der Waals surface area contributed by atoms with Crippen molar-refractivity contribution in [2.24, 2.45) is 0 Å². The number of fused-ring (bicyclic) bond motifs is 1. The lowest BCUT2D eigenvalue weighted by molar-refractivity contribution is 0.0587. The van der Waals surface area contributed by atoms with Gasteiger partial charge in [-0.05, 0) is 17.5 Å². The molecule has 2 heterocycles. The first-order valence-electron chi connectivity index (χ1n) is 5.83. The summed E-state index contributed by atoms with van der Waals surface area (Å²) in [6, 6.07) is 8.42. The molecule has 3 N–H and O–H groups in total. The molecule has 0 saturated heterocycles. The minimum atomic E-state index is 0.111. The Kier molecular flexibility index (Phi) is 3.21. The van der Waals surface area contributed by atoms with E-state index in [1.54, 1.807) is 11.8 Å². The maximum Gasteiger partial charge on any atom is 0.216 e. The van der Waals surface area contributed by atoms with Crippen LogP contribution in [-0.4, -0.2) is 27.5 Å². The van der Waals surface area contributed by atoms with Crippen molar-refractivity contribution in [1.29, 1.82) is 0 Å². The number of aromatic nitrogens is 3. The fraction of sp³-hybridized carbons (Fsp3) is 0.333. The predicted octanol–water partition coefficient (Wildman–Crippen LogP) is 1.79. The van der Waals surface area contributed by atoms with Gasteiger partial charge in [0.15, 0.2) is 0 Å². The molecule has 3 rings (SSSR count). The molecule has 0 radical (unpaired) electrons. The van der Waals surface area contributed by atoms with Gasteiger partial charge in [0.25, 0.3) is 0 Å². The number of thioether (sulfide) groups is 1. The highest BCUT2D eigenvalue weighted by atomic mass is 32.2. The lowest BCUT2D eigenvalue weighted by atomic mass is 9.99. The smallest absolute Gasteiger partial charge is 0.216 e. The third-order valence-electron chi connectivity index (χ3n) is 2.94. The molecule has 0 fully saturated rings. The maximum absolute atomic E-state index is 5.82. The average molecular weight is 262 g/mol. The van der Waals surface area contributed by atoms with E-state index in [-0.39, 0.29) is 6.10 Å². The second-order valence-corrected chi connectivity index (χ2v) is 5.11. The Labute approximate surface area is 109 Å². The van der Waals surface area contributed by atoms with Crippen molar-refractivity contribution in [3.05, 3.63) is 35.4 Å². The highest BCUT2D eigenvalue weighted by Crippen LogP contribution is 2.31. The zero-order chi connectivity index (χ0) is 12.4. The quantitative estimate of drug-likeness (QED) is 0.825. The van der Waals surface area contributed by atoms with Gasteiger partial charge in [-0.1, -0.05) is 36.0 Å².